The number of phosphoric acid groups is 1. The number of hydrogen-bond donors (Lipinski definition) is 1. The molecule has 9 nitrogen and oxygen atoms in total. The fourth-order valence-electron chi connectivity index (χ4n) is 7.69. The number of esters is 1. The van der Waals surface area contributed by atoms with E-state index in [1.165, 1.54) is 96.3 Å². The third-order valence-corrected chi connectivity index (χ3v) is 13.2. The van der Waals surface area contributed by atoms with E-state index in [4.69, 9.17) is 13.8 Å². The van der Waals surface area contributed by atoms with Gasteiger partial charge in [-0.1, -0.05) is 220 Å². The number of ether oxygens (including phenoxy) is 1. The van der Waals surface area contributed by atoms with E-state index in [1.54, 1.807) is 6.08 Å². The molecule has 10 heteroatoms. The normalized spacial score (nSPS) is 14.6. The molecule has 418 valence electrons. The SMILES string of the molecule is CC/C=C\C/C=C\C/C=C\C/C=C\C/C=C\C/C=C\CCCCC(=O)OC(/C=C\CCCCCCCCCCCCC)C(COP(=O)([O-])OCC[N+](C)(C)C)NC(=O)CC/C=C/C/C=C\CCCCCCCC. The molecule has 0 aromatic carbocycles. The number of likely N-dealkylation sites (N-methyl/N-ethyl adjacent to an activating group) is 1. The summed E-state index contributed by atoms with van der Waals surface area (Å²) in [5.41, 5.74) is 0. The Labute approximate surface area is 449 Å². The zero-order valence-electron chi connectivity index (χ0n) is 47.5. The first-order chi connectivity index (χ1) is 35.4. The van der Waals surface area contributed by atoms with E-state index in [-0.39, 0.29) is 25.4 Å². The molecule has 0 rings (SSSR count). The summed E-state index contributed by atoms with van der Waals surface area (Å²) in [6.07, 6.45) is 70.8. The smallest absolute Gasteiger partial charge is 0.306 e. The van der Waals surface area contributed by atoms with Crippen LogP contribution in [0.5, 0.6) is 0 Å². The Morgan fingerprint density at radius 3 is 1.34 bits per heavy atom. The Morgan fingerprint density at radius 1 is 0.493 bits per heavy atom. The molecule has 0 aliphatic carbocycles. The van der Waals surface area contributed by atoms with E-state index in [0.717, 1.165) is 83.5 Å². The molecule has 1 N–H and O–H groups in total. The molecule has 0 heterocycles. The van der Waals surface area contributed by atoms with Crippen molar-refractivity contribution in [3.63, 3.8) is 0 Å². The maximum absolute atomic E-state index is 13.4. The van der Waals surface area contributed by atoms with E-state index in [2.05, 4.69) is 117 Å². The molecule has 0 saturated heterocycles. The molecule has 1 amide bonds. The van der Waals surface area contributed by atoms with Crippen molar-refractivity contribution in [3.05, 3.63) is 109 Å². The second-order valence-corrected chi connectivity index (χ2v) is 21.8. The number of amides is 1. The first kappa shape index (κ1) is 69.7. The quantitative estimate of drug-likeness (QED) is 0.0212. The number of carbonyl (C=O) groups is 2. The maximum atomic E-state index is 13.4. The number of quaternary nitrogens is 1. The third kappa shape index (κ3) is 53.3. The number of unbranched alkanes of at least 4 members (excludes halogenated alkanes) is 19. The average molecular weight is 1040 g/mol. The van der Waals surface area contributed by atoms with Crippen LogP contribution in [0.2, 0.25) is 0 Å². The second kappa shape index (κ2) is 52.1. The predicted molar refractivity (Wildman–Crippen MR) is 311 cm³/mol. The van der Waals surface area contributed by atoms with Gasteiger partial charge in [0.05, 0.1) is 33.8 Å². The summed E-state index contributed by atoms with van der Waals surface area (Å²) in [6, 6.07) is -0.943. The summed E-state index contributed by atoms with van der Waals surface area (Å²) in [6.45, 7) is 6.62. The van der Waals surface area contributed by atoms with Crippen molar-refractivity contribution in [2.24, 2.45) is 0 Å². The van der Waals surface area contributed by atoms with E-state index in [1.807, 2.05) is 33.3 Å². The highest BCUT2D eigenvalue weighted by Crippen LogP contribution is 2.38. The van der Waals surface area contributed by atoms with Crippen LogP contribution in [0.1, 0.15) is 226 Å². The van der Waals surface area contributed by atoms with Crippen LogP contribution in [0.15, 0.2) is 109 Å². The Morgan fingerprint density at radius 2 is 0.890 bits per heavy atom. The Kier molecular flexibility index (Phi) is 49.7. The topological polar surface area (TPSA) is 114 Å². The first-order valence-electron chi connectivity index (χ1n) is 29.2. The van der Waals surface area contributed by atoms with Crippen molar-refractivity contribution >= 4 is 19.7 Å². The van der Waals surface area contributed by atoms with Gasteiger partial charge in [-0.25, -0.2) is 0 Å². The van der Waals surface area contributed by atoms with E-state index < -0.39 is 32.5 Å². The highest BCUT2D eigenvalue weighted by molar-refractivity contribution is 7.45. The van der Waals surface area contributed by atoms with Crippen molar-refractivity contribution in [1.82, 2.24) is 5.32 Å². The van der Waals surface area contributed by atoms with Gasteiger partial charge in [-0.3, -0.25) is 14.2 Å². The largest absolute Gasteiger partial charge is 0.756 e. The van der Waals surface area contributed by atoms with Crippen LogP contribution in [0.3, 0.4) is 0 Å². The minimum Gasteiger partial charge on any atom is -0.756 e. The van der Waals surface area contributed by atoms with Crippen LogP contribution in [0.4, 0.5) is 0 Å². The number of rotatable bonds is 51. The van der Waals surface area contributed by atoms with Crippen LogP contribution in [-0.2, 0) is 27.9 Å². The Balaban J connectivity index is 5.48. The third-order valence-electron chi connectivity index (χ3n) is 12.2. The summed E-state index contributed by atoms with van der Waals surface area (Å²) >= 11 is 0. The average Bonchev–Trinajstić information content (AvgIpc) is 3.35. The molecule has 3 atom stereocenters. The lowest BCUT2D eigenvalue weighted by atomic mass is 10.0. The fourth-order valence-corrected chi connectivity index (χ4v) is 8.41. The zero-order valence-corrected chi connectivity index (χ0v) is 48.4. The summed E-state index contributed by atoms with van der Waals surface area (Å²) in [5, 5.41) is 2.96. The Hall–Kier alpha value is -3.33. The molecule has 0 bridgehead atoms. The van der Waals surface area contributed by atoms with Crippen molar-refractivity contribution in [1.29, 1.82) is 0 Å². The number of nitrogens with zero attached hydrogens (tertiary/aromatic N) is 1. The van der Waals surface area contributed by atoms with Gasteiger partial charge in [0, 0.05) is 12.8 Å². The molecule has 0 spiro atoms. The molecular weight excluding hydrogens is 928 g/mol. The van der Waals surface area contributed by atoms with Crippen molar-refractivity contribution in [2.45, 2.75) is 238 Å². The summed E-state index contributed by atoms with van der Waals surface area (Å²) in [7, 11) is 1.11. The van der Waals surface area contributed by atoms with Gasteiger partial charge in [0.1, 0.15) is 19.3 Å². The number of hydrogen-bond acceptors (Lipinski definition) is 7. The fraction of sp³-hybridized carbons (Fsp3) is 0.683. The lowest BCUT2D eigenvalue weighted by Gasteiger charge is -2.30. The highest BCUT2D eigenvalue weighted by Gasteiger charge is 2.27. The predicted octanol–water partition coefficient (Wildman–Crippen LogP) is 17.1. The van der Waals surface area contributed by atoms with Crippen LogP contribution < -0.4 is 10.2 Å². The molecule has 0 aliphatic rings. The van der Waals surface area contributed by atoms with Crippen LogP contribution >= 0.6 is 7.82 Å². The summed E-state index contributed by atoms with van der Waals surface area (Å²) < 4.78 is 30.2. The molecule has 0 fully saturated rings. The highest BCUT2D eigenvalue weighted by atomic mass is 31.2. The monoisotopic (exact) mass is 1040 g/mol. The van der Waals surface area contributed by atoms with E-state index in [0.29, 0.717) is 23.9 Å². The molecule has 0 saturated carbocycles. The van der Waals surface area contributed by atoms with Gasteiger partial charge in [0.15, 0.2) is 0 Å². The van der Waals surface area contributed by atoms with Crippen LogP contribution in [-0.4, -0.2) is 69.4 Å². The van der Waals surface area contributed by atoms with Gasteiger partial charge in [0.25, 0.3) is 7.82 Å². The molecular formula is C63H109N2O7P. The molecule has 0 aromatic rings. The molecule has 0 aliphatic heterocycles. The van der Waals surface area contributed by atoms with Crippen LogP contribution in [0.25, 0.3) is 0 Å². The van der Waals surface area contributed by atoms with Gasteiger partial charge in [0.2, 0.25) is 5.91 Å². The van der Waals surface area contributed by atoms with Gasteiger partial charge in [-0.2, -0.15) is 0 Å². The second-order valence-electron chi connectivity index (χ2n) is 20.4. The lowest BCUT2D eigenvalue weighted by molar-refractivity contribution is -0.870. The van der Waals surface area contributed by atoms with Gasteiger partial charge < -0.3 is 28.5 Å². The van der Waals surface area contributed by atoms with Crippen molar-refractivity contribution in [2.75, 3.05) is 40.9 Å². The van der Waals surface area contributed by atoms with Gasteiger partial charge >= 0.3 is 5.97 Å². The summed E-state index contributed by atoms with van der Waals surface area (Å²) in [5.74, 6) is -0.678. The number of phosphoric ester groups is 1. The number of carbonyl (C=O) groups excluding carboxylic acids is 2. The minimum absolute atomic E-state index is 0.0439. The standard InChI is InChI=1S/C63H109N2O7P/c1-7-10-13-16-19-22-25-28-29-30-31-32-33-34-35-38-41-44-47-50-53-56-63(67)72-61(54-51-48-45-42-39-36-26-23-20-17-14-11-8-2)60(59-71-73(68,69)70-58-57-65(4,5)6)64-62(66)55-52-49-46-43-40-37-27-24-21-18-15-12-9-3/h10,13,19,22,28-29,31-32,34-35,37,40-41,44,46,49,51,54,60-61H,7-9,11-12,14-18,20-21,23-27,30,33,36,38-39,42-43,45,47-48,50,52-53,55-59H2,1-6H3,(H-,64,66,68,69)/b13-10-,22-19-,29-28-,32-31-,35-34-,40-37-,44-41-,49-46+,54-51-. The maximum Gasteiger partial charge on any atom is 0.306 e. The first-order valence-corrected chi connectivity index (χ1v) is 30.7. The number of allylic oxidation sites excluding steroid dienone is 17. The zero-order chi connectivity index (χ0) is 53.6. The molecule has 3 unspecified atom stereocenters. The molecule has 0 radical (unpaired) electrons. The van der Waals surface area contributed by atoms with Crippen molar-refractivity contribution < 1.29 is 37.3 Å². The van der Waals surface area contributed by atoms with E-state index >= 15 is 0 Å². The lowest BCUT2D eigenvalue weighted by Crippen LogP contribution is -2.47. The van der Waals surface area contributed by atoms with Gasteiger partial charge in [-0.15, -0.1) is 0 Å². The van der Waals surface area contributed by atoms with E-state index in [9.17, 15) is 19.0 Å². The Bertz CT molecular complexity index is 1620. The molecule has 73 heavy (non-hydrogen) atoms. The van der Waals surface area contributed by atoms with Crippen molar-refractivity contribution in [3.8, 4) is 0 Å². The van der Waals surface area contributed by atoms with Crippen LogP contribution in [0, 0.1) is 0 Å². The summed E-state index contributed by atoms with van der Waals surface area (Å²) in [4.78, 5) is 39.8. The minimum atomic E-state index is -4.72. The number of nitrogens with one attached hydrogen (secondary N) is 1. The van der Waals surface area contributed by atoms with Gasteiger partial charge in [-0.05, 0) is 102 Å². The molecule has 0 aromatic heterocycles.